The molecule has 0 aliphatic rings. The molecule has 1 atom stereocenters. The standard InChI is InChI=1S/C26H35NO/c1-4-6-10-20-28-22(3)12-8-7-9-13-23-14-16-24(17-15-23)25-18-19-26(11-5-2)27-21-25/h5,9,13-19,21-22H,2,4,6-8,10-12,20H2,1,3H3. The third-order valence-corrected chi connectivity index (χ3v) is 4.86. The fourth-order valence-electron chi connectivity index (χ4n) is 3.11. The number of ether oxygens (including phenoxy) is 1. The maximum absolute atomic E-state index is 5.85. The zero-order valence-electron chi connectivity index (χ0n) is 17.6. The normalized spacial score (nSPS) is 12.4. The van der Waals surface area contributed by atoms with Gasteiger partial charge in [0.1, 0.15) is 0 Å². The van der Waals surface area contributed by atoms with Crippen LogP contribution in [0.2, 0.25) is 0 Å². The molecule has 0 fully saturated rings. The van der Waals surface area contributed by atoms with Crippen LogP contribution < -0.4 is 0 Å². The molecule has 0 N–H and O–H groups in total. The van der Waals surface area contributed by atoms with E-state index < -0.39 is 0 Å². The first kappa shape index (κ1) is 22.1. The Bertz CT molecular complexity index is 700. The summed E-state index contributed by atoms with van der Waals surface area (Å²) in [6.45, 7) is 9.07. The summed E-state index contributed by atoms with van der Waals surface area (Å²) in [6.07, 6.45) is 16.6. The summed E-state index contributed by atoms with van der Waals surface area (Å²) in [5, 5.41) is 0. The van der Waals surface area contributed by atoms with Crippen LogP contribution in [0.15, 0.2) is 61.3 Å². The molecule has 0 radical (unpaired) electrons. The summed E-state index contributed by atoms with van der Waals surface area (Å²) in [5.41, 5.74) is 4.64. The number of allylic oxidation sites excluding steroid dienone is 2. The van der Waals surface area contributed by atoms with Crippen LogP contribution in [-0.4, -0.2) is 17.7 Å². The summed E-state index contributed by atoms with van der Waals surface area (Å²) in [7, 11) is 0. The van der Waals surface area contributed by atoms with Crippen LogP contribution >= 0.6 is 0 Å². The maximum Gasteiger partial charge on any atom is 0.0547 e. The molecule has 0 amide bonds. The summed E-state index contributed by atoms with van der Waals surface area (Å²) in [6, 6.07) is 12.9. The molecule has 0 spiro atoms. The van der Waals surface area contributed by atoms with Gasteiger partial charge in [0, 0.05) is 30.5 Å². The predicted octanol–water partition coefficient (Wildman–Crippen LogP) is 7.26. The van der Waals surface area contributed by atoms with Gasteiger partial charge in [0.2, 0.25) is 0 Å². The van der Waals surface area contributed by atoms with Gasteiger partial charge in [-0.05, 0) is 49.8 Å². The van der Waals surface area contributed by atoms with Gasteiger partial charge in [-0.15, -0.1) is 6.58 Å². The van der Waals surface area contributed by atoms with Crippen molar-refractivity contribution in [2.24, 2.45) is 0 Å². The average Bonchev–Trinajstić information content (AvgIpc) is 2.72. The molecule has 2 heteroatoms. The molecule has 150 valence electrons. The summed E-state index contributed by atoms with van der Waals surface area (Å²) < 4.78 is 5.85. The lowest BCUT2D eigenvalue weighted by molar-refractivity contribution is 0.0566. The van der Waals surface area contributed by atoms with E-state index in [-0.39, 0.29) is 0 Å². The lowest BCUT2D eigenvalue weighted by Crippen LogP contribution is -2.08. The Labute approximate surface area is 171 Å². The maximum atomic E-state index is 5.85. The lowest BCUT2D eigenvalue weighted by atomic mass is 10.0. The molecule has 2 rings (SSSR count). The minimum absolute atomic E-state index is 0.371. The number of rotatable bonds is 13. The fraction of sp³-hybridized carbons (Fsp3) is 0.423. The van der Waals surface area contributed by atoms with E-state index in [1.807, 2.05) is 12.3 Å². The minimum atomic E-state index is 0.371. The van der Waals surface area contributed by atoms with Gasteiger partial charge in [0.25, 0.3) is 0 Å². The van der Waals surface area contributed by atoms with Gasteiger partial charge in [0.15, 0.2) is 0 Å². The molecular formula is C26H35NO. The van der Waals surface area contributed by atoms with Gasteiger partial charge in [-0.2, -0.15) is 0 Å². The number of hydrogen-bond donors (Lipinski definition) is 0. The minimum Gasteiger partial charge on any atom is -0.379 e. The molecule has 1 aromatic carbocycles. The van der Waals surface area contributed by atoms with Gasteiger partial charge in [-0.25, -0.2) is 0 Å². The van der Waals surface area contributed by atoms with Crippen molar-refractivity contribution in [3.63, 3.8) is 0 Å². The Morgan fingerprint density at radius 1 is 1.04 bits per heavy atom. The van der Waals surface area contributed by atoms with Crippen LogP contribution in [0.5, 0.6) is 0 Å². The van der Waals surface area contributed by atoms with E-state index in [9.17, 15) is 0 Å². The molecule has 0 saturated carbocycles. The number of benzene rings is 1. The number of pyridine rings is 1. The second kappa shape index (κ2) is 13.1. The van der Waals surface area contributed by atoms with Crippen LogP contribution in [0, 0.1) is 0 Å². The van der Waals surface area contributed by atoms with Gasteiger partial charge in [-0.3, -0.25) is 4.98 Å². The van der Waals surface area contributed by atoms with Crippen molar-refractivity contribution < 1.29 is 4.74 Å². The first-order valence-corrected chi connectivity index (χ1v) is 10.7. The molecule has 2 aromatic rings. The second-order valence-electron chi connectivity index (χ2n) is 7.37. The van der Waals surface area contributed by atoms with Crippen LogP contribution in [-0.2, 0) is 11.2 Å². The van der Waals surface area contributed by atoms with Crippen molar-refractivity contribution in [3.8, 4) is 11.1 Å². The smallest absolute Gasteiger partial charge is 0.0547 e. The SMILES string of the molecule is C=CCc1ccc(-c2ccc(C=CCCCC(C)OCCCCC)cc2)cn1. The third kappa shape index (κ3) is 8.22. The van der Waals surface area contributed by atoms with Crippen molar-refractivity contribution in [3.05, 3.63) is 72.6 Å². The number of hydrogen-bond acceptors (Lipinski definition) is 2. The molecule has 0 aliphatic heterocycles. The Morgan fingerprint density at radius 2 is 1.82 bits per heavy atom. The number of aromatic nitrogens is 1. The van der Waals surface area contributed by atoms with Crippen LogP contribution in [0.4, 0.5) is 0 Å². The first-order chi connectivity index (χ1) is 13.7. The van der Waals surface area contributed by atoms with Crippen molar-refractivity contribution in [2.45, 2.75) is 64.9 Å². The van der Waals surface area contributed by atoms with Crippen LogP contribution in [0.25, 0.3) is 17.2 Å². The molecule has 2 nitrogen and oxygen atoms in total. The molecule has 0 bridgehead atoms. The van der Waals surface area contributed by atoms with Crippen molar-refractivity contribution in [2.75, 3.05) is 6.61 Å². The quantitative estimate of drug-likeness (QED) is 0.271. The highest BCUT2D eigenvalue weighted by molar-refractivity contribution is 5.65. The van der Waals surface area contributed by atoms with E-state index in [0.717, 1.165) is 37.1 Å². The van der Waals surface area contributed by atoms with Gasteiger partial charge in [-0.1, -0.05) is 68.3 Å². The van der Waals surface area contributed by atoms with E-state index >= 15 is 0 Å². The number of unbranched alkanes of at least 4 members (excludes halogenated alkanes) is 3. The molecule has 0 aliphatic carbocycles. The monoisotopic (exact) mass is 377 g/mol. The molecule has 1 unspecified atom stereocenters. The molecule has 0 saturated heterocycles. The molecular weight excluding hydrogens is 342 g/mol. The highest BCUT2D eigenvalue weighted by atomic mass is 16.5. The lowest BCUT2D eigenvalue weighted by Gasteiger charge is -2.12. The summed E-state index contributed by atoms with van der Waals surface area (Å²) >= 11 is 0. The second-order valence-corrected chi connectivity index (χ2v) is 7.37. The van der Waals surface area contributed by atoms with Gasteiger partial charge >= 0.3 is 0 Å². The third-order valence-electron chi connectivity index (χ3n) is 4.86. The number of nitrogens with zero attached hydrogens (tertiary/aromatic N) is 1. The van der Waals surface area contributed by atoms with E-state index in [0.29, 0.717) is 6.10 Å². The highest BCUT2D eigenvalue weighted by Gasteiger charge is 2.01. The van der Waals surface area contributed by atoms with E-state index in [4.69, 9.17) is 4.74 Å². The highest BCUT2D eigenvalue weighted by Crippen LogP contribution is 2.20. The zero-order valence-corrected chi connectivity index (χ0v) is 17.6. The Morgan fingerprint density at radius 3 is 2.50 bits per heavy atom. The van der Waals surface area contributed by atoms with Crippen molar-refractivity contribution in [1.29, 1.82) is 0 Å². The van der Waals surface area contributed by atoms with Gasteiger partial charge in [0.05, 0.1) is 6.10 Å². The summed E-state index contributed by atoms with van der Waals surface area (Å²) in [4.78, 5) is 4.48. The molecule has 1 aromatic heterocycles. The average molecular weight is 378 g/mol. The molecule has 28 heavy (non-hydrogen) atoms. The van der Waals surface area contributed by atoms with Crippen LogP contribution in [0.1, 0.15) is 63.6 Å². The van der Waals surface area contributed by atoms with Crippen LogP contribution in [0.3, 0.4) is 0 Å². The Hall–Kier alpha value is -2.19. The van der Waals surface area contributed by atoms with Gasteiger partial charge < -0.3 is 4.74 Å². The fourth-order valence-corrected chi connectivity index (χ4v) is 3.11. The zero-order chi connectivity index (χ0) is 20.0. The van der Waals surface area contributed by atoms with E-state index in [1.54, 1.807) is 0 Å². The Balaban J connectivity index is 1.72. The van der Waals surface area contributed by atoms with Crippen molar-refractivity contribution >= 4 is 6.08 Å². The molecule has 1 heterocycles. The summed E-state index contributed by atoms with van der Waals surface area (Å²) in [5.74, 6) is 0. The topological polar surface area (TPSA) is 22.1 Å². The largest absolute Gasteiger partial charge is 0.379 e. The van der Waals surface area contributed by atoms with E-state index in [2.05, 4.69) is 74.0 Å². The Kier molecular flexibility index (Phi) is 10.3. The van der Waals surface area contributed by atoms with E-state index in [1.165, 1.54) is 36.8 Å². The first-order valence-electron chi connectivity index (χ1n) is 10.7. The predicted molar refractivity (Wildman–Crippen MR) is 121 cm³/mol. The van der Waals surface area contributed by atoms with Crippen molar-refractivity contribution in [1.82, 2.24) is 4.98 Å².